The fourth-order valence-corrected chi connectivity index (χ4v) is 1.83. The van der Waals surface area contributed by atoms with Gasteiger partial charge in [-0.25, -0.2) is 9.18 Å². The Hall–Kier alpha value is -1.09. The smallest absolute Gasteiger partial charge is 0.338 e. The number of hydrogen-bond acceptors (Lipinski definition) is 2. The van der Waals surface area contributed by atoms with E-state index in [1.807, 2.05) is 6.07 Å². The molecule has 0 saturated heterocycles. The second-order valence-electron chi connectivity index (χ2n) is 3.95. The third-order valence-electron chi connectivity index (χ3n) is 2.66. The number of benzene rings is 1. The third kappa shape index (κ3) is 2.73. The van der Waals surface area contributed by atoms with Crippen molar-refractivity contribution in [1.82, 2.24) is 0 Å². The SMILES string of the molecule is O=C(OCCC1CC1(F)Cl)c1ccccc1. The van der Waals surface area contributed by atoms with Crippen molar-refractivity contribution in [2.75, 3.05) is 6.61 Å². The number of halogens is 2. The van der Waals surface area contributed by atoms with E-state index in [9.17, 15) is 9.18 Å². The van der Waals surface area contributed by atoms with Crippen LogP contribution in [0.1, 0.15) is 23.2 Å². The molecule has 0 aromatic heterocycles. The first-order chi connectivity index (χ1) is 7.59. The van der Waals surface area contributed by atoms with Crippen molar-refractivity contribution in [3.05, 3.63) is 35.9 Å². The van der Waals surface area contributed by atoms with Gasteiger partial charge in [0, 0.05) is 12.3 Å². The standard InChI is InChI=1S/C12H12ClFO2/c13-12(14)8-10(12)6-7-16-11(15)9-4-2-1-3-5-9/h1-5,10H,6-8H2. The summed E-state index contributed by atoms with van der Waals surface area (Å²) in [6, 6.07) is 8.72. The number of carbonyl (C=O) groups is 1. The lowest BCUT2D eigenvalue weighted by Gasteiger charge is -2.04. The number of carbonyl (C=O) groups excluding carboxylic acids is 1. The van der Waals surface area contributed by atoms with Crippen LogP contribution in [0.4, 0.5) is 4.39 Å². The second kappa shape index (κ2) is 4.42. The molecule has 1 aliphatic rings. The van der Waals surface area contributed by atoms with Crippen LogP contribution >= 0.6 is 11.6 Å². The summed E-state index contributed by atoms with van der Waals surface area (Å²) >= 11 is 5.43. The van der Waals surface area contributed by atoms with Crippen LogP contribution < -0.4 is 0 Å². The molecule has 16 heavy (non-hydrogen) atoms. The molecule has 4 heteroatoms. The van der Waals surface area contributed by atoms with Crippen LogP contribution in [0.2, 0.25) is 0 Å². The maximum atomic E-state index is 12.9. The zero-order valence-electron chi connectivity index (χ0n) is 8.66. The first-order valence-electron chi connectivity index (χ1n) is 5.19. The van der Waals surface area contributed by atoms with E-state index in [-0.39, 0.29) is 18.5 Å². The second-order valence-corrected chi connectivity index (χ2v) is 4.58. The van der Waals surface area contributed by atoms with Gasteiger partial charge in [-0.05, 0) is 18.6 Å². The zero-order valence-corrected chi connectivity index (χ0v) is 9.41. The molecule has 1 aliphatic carbocycles. The first-order valence-corrected chi connectivity index (χ1v) is 5.57. The van der Waals surface area contributed by atoms with Crippen molar-refractivity contribution in [3.63, 3.8) is 0 Å². The zero-order chi connectivity index (χ0) is 11.6. The van der Waals surface area contributed by atoms with Gasteiger partial charge in [0.25, 0.3) is 0 Å². The normalized spacial score (nSPS) is 27.5. The summed E-state index contributed by atoms with van der Waals surface area (Å²) in [7, 11) is 0. The Bertz CT molecular complexity index is 378. The molecule has 0 amide bonds. The van der Waals surface area contributed by atoms with Gasteiger partial charge < -0.3 is 4.74 Å². The van der Waals surface area contributed by atoms with E-state index >= 15 is 0 Å². The molecule has 2 unspecified atom stereocenters. The highest BCUT2D eigenvalue weighted by Crippen LogP contribution is 2.52. The molecule has 0 heterocycles. The van der Waals surface area contributed by atoms with Crippen LogP contribution in [0.25, 0.3) is 0 Å². The quantitative estimate of drug-likeness (QED) is 0.599. The minimum absolute atomic E-state index is 0.169. The molecule has 0 spiro atoms. The average molecular weight is 243 g/mol. The van der Waals surface area contributed by atoms with E-state index in [1.54, 1.807) is 24.3 Å². The molecule has 0 radical (unpaired) electrons. The van der Waals surface area contributed by atoms with Crippen molar-refractivity contribution in [1.29, 1.82) is 0 Å². The van der Waals surface area contributed by atoms with Gasteiger partial charge in [0.1, 0.15) is 0 Å². The molecular formula is C12H12ClFO2. The van der Waals surface area contributed by atoms with Gasteiger partial charge >= 0.3 is 5.97 Å². The predicted octanol–water partition coefficient (Wildman–Crippen LogP) is 3.16. The molecule has 2 nitrogen and oxygen atoms in total. The van der Waals surface area contributed by atoms with E-state index in [0.29, 0.717) is 18.4 Å². The van der Waals surface area contributed by atoms with Crippen molar-refractivity contribution in [3.8, 4) is 0 Å². The third-order valence-corrected chi connectivity index (χ3v) is 3.13. The largest absolute Gasteiger partial charge is 0.462 e. The van der Waals surface area contributed by atoms with Gasteiger partial charge in [0.05, 0.1) is 12.2 Å². The first kappa shape index (κ1) is 11.4. The monoisotopic (exact) mass is 242 g/mol. The van der Waals surface area contributed by atoms with Crippen LogP contribution in [0.3, 0.4) is 0 Å². The fraction of sp³-hybridized carbons (Fsp3) is 0.417. The van der Waals surface area contributed by atoms with Crippen LogP contribution in [0, 0.1) is 5.92 Å². The maximum absolute atomic E-state index is 12.9. The summed E-state index contributed by atoms with van der Waals surface area (Å²) in [5.74, 6) is -0.543. The van der Waals surface area contributed by atoms with Crippen molar-refractivity contribution in [2.45, 2.75) is 18.0 Å². The topological polar surface area (TPSA) is 26.3 Å². The van der Waals surface area contributed by atoms with E-state index < -0.39 is 5.13 Å². The molecule has 0 aliphatic heterocycles. The molecule has 0 N–H and O–H groups in total. The highest BCUT2D eigenvalue weighted by atomic mass is 35.5. The molecule has 1 aromatic rings. The summed E-state index contributed by atoms with van der Waals surface area (Å²) in [6.45, 7) is 0.219. The van der Waals surface area contributed by atoms with Crippen molar-refractivity contribution < 1.29 is 13.9 Å². The maximum Gasteiger partial charge on any atom is 0.338 e. The van der Waals surface area contributed by atoms with Crippen molar-refractivity contribution in [2.24, 2.45) is 5.92 Å². The fourth-order valence-electron chi connectivity index (χ4n) is 1.53. The lowest BCUT2D eigenvalue weighted by atomic mass is 10.2. The predicted molar refractivity (Wildman–Crippen MR) is 59.1 cm³/mol. The Morgan fingerprint density at radius 1 is 1.50 bits per heavy atom. The Balaban J connectivity index is 1.73. The Kier molecular flexibility index (Phi) is 3.15. The number of rotatable bonds is 4. The minimum Gasteiger partial charge on any atom is -0.462 e. The van der Waals surface area contributed by atoms with Gasteiger partial charge in [-0.1, -0.05) is 29.8 Å². The Labute approximate surface area is 98.4 Å². The molecule has 86 valence electrons. The molecule has 1 saturated carbocycles. The molecule has 2 atom stereocenters. The van der Waals surface area contributed by atoms with Crippen molar-refractivity contribution >= 4 is 17.6 Å². The van der Waals surface area contributed by atoms with Crippen LogP contribution in [-0.2, 0) is 4.74 Å². The van der Waals surface area contributed by atoms with Gasteiger partial charge in [0.2, 0.25) is 0 Å². The van der Waals surface area contributed by atoms with Crippen LogP contribution in [-0.4, -0.2) is 17.7 Å². The van der Waals surface area contributed by atoms with E-state index in [1.165, 1.54) is 0 Å². The molecule has 1 fully saturated rings. The van der Waals surface area contributed by atoms with E-state index in [0.717, 1.165) is 0 Å². The molecule has 0 bridgehead atoms. The van der Waals surface area contributed by atoms with E-state index in [2.05, 4.69) is 0 Å². The Morgan fingerprint density at radius 2 is 2.12 bits per heavy atom. The van der Waals surface area contributed by atoms with Crippen LogP contribution in [0.15, 0.2) is 30.3 Å². The van der Waals surface area contributed by atoms with Gasteiger partial charge in [-0.2, -0.15) is 0 Å². The average Bonchev–Trinajstić information content (AvgIpc) is 2.87. The summed E-state index contributed by atoms with van der Waals surface area (Å²) in [4.78, 5) is 11.5. The van der Waals surface area contributed by atoms with Crippen LogP contribution in [0.5, 0.6) is 0 Å². The van der Waals surface area contributed by atoms with Gasteiger partial charge in [-0.3, -0.25) is 0 Å². The summed E-state index contributed by atoms with van der Waals surface area (Å²) in [5.41, 5.74) is 0.510. The highest BCUT2D eigenvalue weighted by molar-refractivity contribution is 6.24. The molecule has 2 rings (SSSR count). The van der Waals surface area contributed by atoms with Gasteiger partial charge in [0.15, 0.2) is 5.13 Å². The number of hydrogen-bond donors (Lipinski definition) is 0. The number of alkyl halides is 2. The lowest BCUT2D eigenvalue weighted by molar-refractivity contribution is 0.0491. The van der Waals surface area contributed by atoms with E-state index in [4.69, 9.17) is 16.3 Å². The number of esters is 1. The minimum atomic E-state index is -1.56. The highest BCUT2D eigenvalue weighted by Gasteiger charge is 2.53. The summed E-state index contributed by atoms with van der Waals surface area (Å²) in [6.07, 6.45) is 0.843. The van der Waals surface area contributed by atoms with Gasteiger partial charge in [-0.15, -0.1) is 0 Å². The molecular weight excluding hydrogens is 231 g/mol. The summed E-state index contributed by atoms with van der Waals surface area (Å²) in [5, 5.41) is -1.56. The number of ether oxygens (including phenoxy) is 1. The molecule has 1 aromatic carbocycles. The lowest BCUT2D eigenvalue weighted by Crippen LogP contribution is -2.07. The summed E-state index contributed by atoms with van der Waals surface area (Å²) < 4.78 is 17.9. The Morgan fingerprint density at radius 3 is 2.69 bits per heavy atom.